The number of rotatable bonds is 3. The number of aromatic amines is 1. The lowest BCUT2D eigenvalue weighted by Gasteiger charge is -2.00. The Morgan fingerprint density at radius 3 is 2.22 bits per heavy atom. The Labute approximate surface area is 131 Å². The summed E-state index contributed by atoms with van der Waals surface area (Å²) in [6.45, 7) is 0. The fourth-order valence-electron chi connectivity index (χ4n) is 2.30. The van der Waals surface area contributed by atoms with Gasteiger partial charge in [0.1, 0.15) is 11.4 Å². The first kappa shape index (κ1) is 13.2. The van der Waals surface area contributed by atoms with Gasteiger partial charge in [0, 0.05) is 16.8 Å². The third kappa shape index (κ3) is 2.55. The summed E-state index contributed by atoms with van der Waals surface area (Å²) < 4.78 is 1.72. The second-order valence-corrected chi connectivity index (χ2v) is 5.07. The van der Waals surface area contributed by atoms with E-state index in [1.807, 2.05) is 54.7 Å². The third-order valence-corrected chi connectivity index (χ3v) is 3.54. The molecule has 0 saturated carbocycles. The molecule has 0 aliphatic carbocycles. The van der Waals surface area contributed by atoms with Crippen LogP contribution in [-0.2, 0) is 0 Å². The van der Waals surface area contributed by atoms with E-state index >= 15 is 0 Å². The fourth-order valence-corrected chi connectivity index (χ4v) is 2.30. The number of hydrogen-bond acceptors (Lipinski definition) is 5. The van der Waals surface area contributed by atoms with Crippen LogP contribution in [0.5, 0.6) is 0 Å². The molecule has 4 rings (SSSR count). The molecule has 0 amide bonds. The van der Waals surface area contributed by atoms with E-state index in [1.54, 1.807) is 10.9 Å². The molecule has 0 bridgehead atoms. The zero-order valence-electron chi connectivity index (χ0n) is 12.1. The standard InChI is InChI=1S/C16H13N7/c17-13-5-7-14(8-6-13)23-10-16(20-22-23)12-3-1-11(2-4-12)15-9-18-21-19-15/h1-10H,17H2,(H,18,19,21). The summed E-state index contributed by atoms with van der Waals surface area (Å²) in [6.07, 6.45) is 3.57. The largest absolute Gasteiger partial charge is 0.399 e. The van der Waals surface area contributed by atoms with Crippen molar-refractivity contribution in [2.45, 2.75) is 0 Å². The molecule has 2 aromatic carbocycles. The summed E-state index contributed by atoms with van der Waals surface area (Å²) >= 11 is 0. The Balaban J connectivity index is 1.62. The van der Waals surface area contributed by atoms with Gasteiger partial charge in [0.2, 0.25) is 0 Å². The molecular weight excluding hydrogens is 290 g/mol. The molecule has 0 atom stereocenters. The lowest BCUT2D eigenvalue weighted by Crippen LogP contribution is -1.95. The maximum Gasteiger partial charge on any atom is 0.113 e. The summed E-state index contributed by atoms with van der Waals surface area (Å²) in [7, 11) is 0. The minimum absolute atomic E-state index is 0.720. The van der Waals surface area contributed by atoms with Crippen molar-refractivity contribution in [3.63, 3.8) is 0 Å². The molecule has 0 fully saturated rings. The number of aromatic nitrogens is 6. The molecule has 0 aliphatic rings. The molecular formula is C16H13N7. The van der Waals surface area contributed by atoms with Gasteiger partial charge in [-0.1, -0.05) is 29.5 Å². The van der Waals surface area contributed by atoms with Gasteiger partial charge in [0.25, 0.3) is 0 Å². The van der Waals surface area contributed by atoms with Gasteiger partial charge in [-0.25, -0.2) is 4.68 Å². The lowest BCUT2D eigenvalue weighted by molar-refractivity contribution is 0.804. The van der Waals surface area contributed by atoms with Crippen molar-refractivity contribution < 1.29 is 0 Å². The quantitative estimate of drug-likeness (QED) is 0.566. The molecule has 7 heteroatoms. The summed E-state index contributed by atoms with van der Waals surface area (Å²) in [6, 6.07) is 15.4. The van der Waals surface area contributed by atoms with Crippen LogP contribution in [0.25, 0.3) is 28.2 Å². The highest BCUT2D eigenvalue weighted by Gasteiger charge is 2.07. The second kappa shape index (κ2) is 5.38. The van der Waals surface area contributed by atoms with E-state index in [-0.39, 0.29) is 0 Å². The first-order valence-electron chi connectivity index (χ1n) is 7.04. The number of nitrogens with one attached hydrogen (secondary N) is 1. The number of nitrogens with zero attached hydrogens (tertiary/aromatic N) is 5. The van der Waals surface area contributed by atoms with E-state index in [0.29, 0.717) is 0 Å². The van der Waals surface area contributed by atoms with Gasteiger partial charge in [-0.2, -0.15) is 15.4 Å². The normalized spacial score (nSPS) is 10.8. The molecule has 2 aromatic heterocycles. The van der Waals surface area contributed by atoms with Crippen LogP contribution < -0.4 is 5.73 Å². The van der Waals surface area contributed by atoms with Crippen LogP contribution in [-0.4, -0.2) is 30.4 Å². The van der Waals surface area contributed by atoms with E-state index < -0.39 is 0 Å². The molecule has 0 saturated heterocycles. The molecule has 112 valence electrons. The first-order chi connectivity index (χ1) is 11.3. The lowest BCUT2D eigenvalue weighted by atomic mass is 10.1. The molecule has 4 aromatic rings. The second-order valence-electron chi connectivity index (χ2n) is 5.07. The van der Waals surface area contributed by atoms with Crippen LogP contribution >= 0.6 is 0 Å². The predicted octanol–water partition coefficient (Wildman–Crippen LogP) is 2.30. The van der Waals surface area contributed by atoms with Crippen molar-refractivity contribution in [1.29, 1.82) is 0 Å². The third-order valence-electron chi connectivity index (χ3n) is 3.54. The number of anilines is 1. The Morgan fingerprint density at radius 2 is 1.57 bits per heavy atom. The number of nitrogens with two attached hydrogens (primary N) is 1. The number of hydrogen-bond donors (Lipinski definition) is 2. The topological polar surface area (TPSA) is 98.3 Å². The van der Waals surface area contributed by atoms with Crippen LogP contribution in [0.4, 0.5) is 5.69 Å². The van der Waals surface area contributed by atoms with Gasteiger partial charge >= 0.3 is 0 Å². The maximum absolute atomic E-state index is 5.70. The molecule has 2 heterocycles. The predicted molar refractivity (Wildman–Crippen MR) is 86.6 cm³/mol. The zero-order valence-corrected chi connectivity index (χ0v) is 12.1. The van der Waals surface area contributed by atoms with Gasteiger partial charge in [-0.05, 0) is 24.3 Å². The van der Waals surface area contributed by atoms with Crippen LogP contribution in [0.2, 0.25) is 0 Å². The number of benzene rings is 2. The van der Waals surface area contributed by atoms with Crippen molar-refractivity contribution in [3.05, 3.63) is 60.9 Å². The molecule has 7 nitrogen and oxygen atoms in total. The average Bonchev–Trinajstić information content (AvgIpc) is 3.28. The molecule has 0 radical (unpaired) electrons. The monoisotopic (exact) mass is 303 g/mol. The highest BCUT2D eigenvalue weighted by molar-refractivity contribution is 5.65. The zero-order chi connectivity index (χ0) is 15.6. The summed E-state index contributed by atoms with van der Waals surface area (Å²) in [4.78, 5) is 0. The summed E-state index contributed by atoms with van der Waals surface area (Å²) in [5.41, 5.74) is 10.9. The minimum atomic E-state index is 0.720. The van der Waals surface area contributed by atoms with E-state index in [0.717, 1.165) is 33.9 Å². The smallest absolute Gasteiger partial charge is 0.113 e. The van der Waals surface area contributed by atoms with Gasteiger partial charge in [-0.15, -0.1) is 5.10 Å². The molecule has 0 aliphatic heterocycles. The van der Waals surface area contributed by atoms with Gasteiger partial charge in [0.05, 0.1) is 18.1 Å². The van der Waals surface area contributed by atoms with E-state index in [9.17, 15) is 0 Å². The maximum atomic E-state index is 5.70. The van der Waals surface area contributed by atoms with Gasteiger partial charge in [-0.3, -0.25) is 0 Å². The van der Waals surface area contributed by atoms with E-state index in [2.05, 4.69) is 25.7 Å². The fraction of sp³-hybridized carbons (Fsp3) is 0. The SMILES string of the molecule is Nc1ccc(-n2cc(-c3ccc(-c4cn[nH]n4)cc3)nn2)cc1. The van der Waals surface area contributed by atoms with Crippen molar-refractivity contribution in [2.75, 3.05) is 5.73 Å². The van der Waals surface area contributed by atoms with Crippen LogP contribution in [0.3, 0.4) is 0 Å². The molecule has 3 N–H and O–H groups in total. The van der Waals surface area contributed by atoms with Crippen LogP contribution in [0.15, 0.2) is 60.9 Å². The Kier molecular flexibility index (Phi) is 3.09. The summed E-state index contributed by atoms with van der Waals surface area (Å²) in [5, 5.41) is 18.9. The Morgan fingerprint density at radius 1 is 0.870 bits per heavy atom. The van der Waals surface area contributed by atoms with Crippen LogP contribution in [0.1, 0.15) is 0 Å². The number of nitrogen functional groups attached to an aromatic ring is 1. The highest BCUT2D eigenvalue weighted by atomic mass is 15.4. The Hall–Kier alpha value is -3.48. The van der Waals surface area contributed by atoms with Gasteiger partial charge in [0.15, 0.2) is 0 Å². The first-order valence-corrected chi connectivity index (χ1v) is 7.04. The van der Waals surface area contributed by atoms with E-state index in [4.69, 9.17) is 5.73 Å². The number of H-pyrrole nitrogens is 1. The minimum Gasteiger partial charge on any atom is -0.399 e. The van der Waals surface area contributed by atoms with Crippen molar-refractivity contribution in [2.24, 2.45) is 0 Å². The van der Waals surface area contributed by atoms with Crippen molar-refractivity contribution >= 4 is 5.69 Å². The van der Waals surface area contributed by atoms with Crippen LogP contribution in [0, 0.1) is 0 Å². The van der Waals surface area contributed by atoms with Crippen molar-refractivity contribution in [1.82, 2.24) is 30.4 Å². The molecule has 0 unspecified atom stereocenters. The van der Waals surface area contributed by atoms with Crippen molar-refractivity contribution in [3.8, 4) is 28.2 Å². The summed E-state index contributed by atoms with van der Waals surface area (Å²) in [5.74, 6) is 0. The van der Waals surface area contributed by atoms with E-state index in [1.165, 1.54) is 0 Å². The Bertz CT molecular complexity index is 906. The highest BCUT2D eigenvalue weighted by Crippen LogP contribution is 2.22. The average molecular weight is 303 g/mol. The van der Waals surface area contributed by atoms with Gasteiger partial charge < -0.3 is 5.73 Å². The molecule has 0 spiro atoms. The molecule has 23 heavy (non-hydrogen) atoms.